The van der Waals surface area contributed by atoms with Gasteiger partial charge in [-0.2, -0.15) is 0 Å². The van der Waals surface area contributed by atoms with E-state index in [1.54, 1.807) is 4.57 Å². The second-order valence-corrected chi connectivity index (χ2v) is 8.51. The standard InChI is InChI=1S/C23H26N4O3S/c28-21(16-31-23-26-25-22(29)27(23)15-19-12-7-13-30-19)24-20(18-10-5-2-6-11-18)14-17-8-3-1-4-9-17/h1-6,8-11,19-20H,7,12-16H2,(H,24,28)(H,25,29). The molecule has 1 saturated heterocycles. The summed E-state index contributed by atoms with van der Waals surface area (Å²) in [6, 6.07) is 19.9. The minimum Gasteiger partial charge on any atom is -0.376 e. The fraction of sp³-hybridized carbons (Fsp3) is 0.348. The number of hydrogen-bond acceptors (Lipinski definition) is 5. The first-order chi connectivity index (χ1) is 15.2. The minimum absolute atomic E-state index is 0.0248. The third-order valence-corrected chi connectivity index (χ3v) is 6.26. The number of ether oxygens (including phenoxy) is 1. The van der Waals surface area contributed by atoms with Crippen LogP contribution in [-0.4, -0.2) is 39.1 Å². The molecule has 7 nitrogen and oxygen atoms in total. The normalized spacial score (nSPS) is 16.8. The molecular formula is C23H26N4O3S. The van der Waals surface area contributed by atoms with Gasteiger partial charge in [0.2, 0.25) is 5.91 Å². The van der Waals surface area contributed by atoms with Crippen LogP contribution in [0, 0.1) is 0 Å². The summed E-state index contributed by atoms with van der Waals surface area (Å²) >= 11 is 1.26. The van der Waals surface area contributed by atoms with E-state index in [-0.39, 0.29) is 29.5 Å². The van der Waals surface area contributed by atoms with Crippen LogP contribution in [0.1, 0.15) is 30.0 Å². The predicted molar refractivity (Wildman–Crippen MR) is 120 cm³/mol. The first kappa shape index (κ1) is 21.4. The van der Waals surface area contributed by atoms with E-state index in [9.17, 15) is 9.59 Å². The molecule has 0 spiro atoms. The molecule has 2 atom stereocenters. The van der Waals surface area contributed by atoms with Crippen molar-refractivity contribution in [2.45, 2.75) is 43.1 Å². The summed E-state index contributed by atoms with van der Waals surface area (Å²) in [6.07, 6.45) is 2.66. The first-order valence-electron chi connectivity index (χ1n) is 10.5. The molecule has 1 aliphatic rings. The molecule has 0 radical (unpaired) electrons. The van der Waals surface area contributed by atoms with Gasteiger partial charge in [-0.3, -0.25) is 9.36 Å². The van der Waals surface area contributed by atoms with Crippen molar-refractivity contribution < 1.29 is 9.53 Å². The number of aromatic amines is 1. The summed E-state index contributed by atoms with van der Waals surface area (Å²) in [6.45, 7) is 1.18. The fourth-order valence-corrected chi connectivity index (χ4v) is 4.49. The van der Waals surface area contributed by atoms with Gasteiger partial charge in [-0.1, -0.05) is 72.4 Å². The van der Waals surface area contributed by atoms with E-state index in [1.807, 2.05) is 48.5 Å². The van der Waals surface area contributed by atoms with E-state index < -0.39 is 0 Å². The molecule has 2 aromatic carbocycles. The molecule has 162 valence electrons. The minimum atomic E-state index is -0.273. The molecule has 0 bridgehead atoms. The van der Waals surface area contributed by atoms with Crippen molar-refractivity contribution in [3.63, 3.8) is 0 Å². The summed E-state index contributed by atoms with van der Waals surface area (Å²) in [4.78, 5) is 24.9. The first-order valence-corrected chi connectivity index (χ1v) is 11.5. The highest BCUT2D eigenvalue weighted by Crippen LogP contribution is 2.21. The van der Waals surface area contributed by atoms with Crippen molar-refractivity contribution in [3.05, 3.63) is 82.3 Å². The lowest BCUT2D eigenvalue weighted by Gasteiger charge is -2.19. The van der Waals surface area contributed by atoms with Crippen LogP contribution in [0.3, 0.4) is 0 Å². The van der Waals surface area contributed by atoms with Gasteiger partial charge in [0.1, 0.15) is 0 Å². The molecule has 31 heavy (non-hydrogen) atoms. The number of thioether (sulfide) groups is 1. The maximum Gasteiger partial charge on any atom is 0.344 e. The Balaban J connectivity index is 1.40. The Kier molecular flexibility index (Phi) is 7.22. The molecule has 1 amide bonds. The van der Waals surface area contributed by atoms with Gasteiger partial charge < -0.3 is 10.1 Å². The Morgan fingerprint density at radius 2 is 1.94 bits per heavy atom. The molecule has 2 heterocycles. The second-order valence-electron chi connectivity index (χ2n) is 7.57. The maximum atomic E-state index is 12.8. The lowest BCUT2D eigenvalue weighted by atomic mass is 9.99. The number of hydrogen-bond donors (Lipinski definition) is 2. The van der Waals surface area contributed by atoms with Gasteiger partial charge in [-0.25, -0.2) is 9.89 Å². The Morgan fingerprint density at radius 3 is 2.65 bits per heavy atom. The number of nitrogens with zero attached hydrogens (tertiary/aromatic N) is 2. The van der Waals surface area contributed by atoms with Crippen LogP contribution in [-0.2, 0) is 22.5 Å². The Hall–Kier alpha value is -2.84. The largest absolute Gasteiger partial charge is 0.376 e. The smallest absolute Gasteiger partial charge is 0.344 e. The molecule has 2 unspecified atom stereocenters. The number of H-pyrrole nitrogens is 1. The average Bonchev–Trinajstić information content (AvgIpc) is 3.44. The van der Waals surface area contributed by atoms with Gasteiger partial charge in [0.05, 0.1) is 24.4 Å². The van der Waals surface area contributed by atoms with Crippen LogP contribution < -0.4 is 11.0 Å². The molecule has 0 aliphatic carbocycles. The van der Waals surface area contributed by atoms with E-state index in [0.717, 1.165) is 30.6 Å². The van der Waals surface area contributed by atoms with Gasteiger partial charge in [0, 0.05) is 6.61 Å². The van der Waals surface area contributed by atoms with Crippen molar-refractivity contribution in [1.82, 2.24) is 20.1 Å². The number of carbonyl (C=O) groups is 1. The summed E-state index contributed by atoms with van der Waals surface area (Å²) in [5.41, 5.74) is 1.94. The topological polar surface area (TPSA) is 89.0 Å². The van der Waals surface area contributed by atoms with Gasteiger partial charge in [-0.05, 0) is 30.4 Å². The second kappa shape index (κ2) is 10.5. The third kappa shape index (κ3) is 5.86. The van der Waals surface area contributed by atoms with Crippen LogP contribution in [0.5, 0.6) is 0 Å². The summed E-state index contributed by atoms with van der Waals surface area (Å²) in [5, 5.41) is 10.2. The van der Waals surface area contributed by atoms with Crippen molar-refractivity contribution >= 4 is 17.7 Å². The zero-order valence-corrected chi connectivity index (χ0v) is 18.0. The molecule has 2 N–H and O–H groups in total. The van der Waals surface area contributed by atoms with E-state index >= 15 is 0 Å². The number of benzene rings is 2. The Morgan fingerprint density at radius 1 is 1.19 bits per heavy atom. The molecular weight excluding hydrogens is 412 g/mol. The monoisotopic (exact) mass is 438 g/mol. The van der Waals surface area contributed by atoms with Crippen molar-refractivity contribution in [1.29, 1.82) is 0 Å². The summed E-state index contributed by atoms with van der Waals surface area (Å²) in [5.74, 6) is 0.0717. The quantitative estimate of drug-likeness (QED) is 0.502. The van der Waals surface area contributed by atoms with Crippen molar-refractivity contribution in [2.24, 2.45) is 0 Å². The Labute approximate surface area is 185 Å². The average molecular weight is 439 g/mol. The molecule has 8 heteroatoms. The van der Waals surface area contributed by atoms with Gasteiger partial charge in [0.25, 0.3) is 0 Å². The van der Waals surface area contributed by atoms with E-state index in [0.29, 0.717) is 18.1 Å². The molecule has 1 aliphatic heterocycles. The number of carbonyl (C=O) groups excluding carboxylic acids is 1. The van der Waals surface area contributed by atoms with Gasteiger partial charge >= 0.3 is 5.69 Å². The molecule has 3 aromatic rings. The van der Waals surface area contributed by atoms with E-state index in [1.165, 1.54) is 11.8 Å². The van der Waals surface area contributed by atoms with Crippen molar-refractivity contribution in [2.75, 3.05) is 12.4 Å². The highest BCUT2D eigenvalue weighted by Gasteiger charge is 2.21. The SMILES string of the molecule is O=C(CSc1n[nH]c(=O)n1CC1CCCO1)NC(Cc1ccccc1)c1ccccc1. The van der Waals surface area contributed by atoms with E-state index in [4.69, 9.17) is 4.74 Å². The summed E-state index contributed by atoms with van der Waals surface area (Å²) < 4.78 is 7.19. The van der Waals surface area contributed by atoms with Crippen LogP contribution >= 0.6 is 11.8 Å². The lowest BCUT2D eigenvalue weighted by Crippen LogP contribution is -2.31. The van der Waals surface area contributed by atoms with Gasteiger partial charge in [0.15, 0.2) is 5.16 Å². The highest BCUT2D eigenvalue weighted by atomic mass is 32.2. The predicted octanol–water partition coefficient (Wildman–Crippen LogP) is 2.94. The maximum absolute atomic E-state index is 12.8. The van der Waals surface area contributed by atoms with E-state index in [2.05, 4.69) is 27.6 Å². The third-order valence-electron chi connectivity index (χ3n) is 5.29. The number of nitrogens with one attached hydrogen (secondary N) is 2. The van der Waals surface area contributed by atoms with Crippen molar-refractivity contribution in [3.8, 4) is 0 Å². The van der Waals surface area contributed by atoms with Crippen LogP contribution in [0.4, 0.5) is 0 Å². The fourth-order valence-electron chi connectivity index (χ4n) is 3.72. The highest BCUT2D eigenvalue weighted by molar-refractivity contribution is 7.99. The van der Waals surface area contributed by atoms with Gasteiger partial charge in [-0.15, -0.1) is 5.10 Å². The summed E-state index contributed by atoms with van der Waals surface area (Å²) in [7, 11) is 0. The van der Waals surface area contributed by atoms with Crippen LogP contribution in [0.15, 0.2) is 70.6 Å². The zero-order chi connectivity index (χ0) is 21.5. The Bertz CT molecular complexity index is 1030. The zero-order valence-electron chi connectivity index (χ0n) is 17.2. The lowest BCUT2D eigenvalue weighted by molar-refractivity contribution is -0.119. The molecule has 1 fully saturated rings. The van der Waals surface area contributed by atoms with Crippen LogP contribution in [0.25, 0.3) is 0 Å². The number of rotatable bonds is 9. The molecule has 1 aromatic heterocycles. The number of aromatic nitrogens is 3. The molecule has 4 rings (SSSR count). The van der Waals surface area contributed by atoms with Crippen LogP contribution in [0.2, 0.25) is 0 Å². The molecule has 0 saturated carbocycles. The number of amides is 1.